The molecule has 0 aliphatic heterocycles. The lowest BCUT2D eigenvalue weighted by molar-refractivity contribution is -0.141. The third-order valence-corrected chi connectivity index (χ3v) is 1.35. The van der Waals surface area contributed by atoms with Crippen LogP contribution in [0.15, 0.2) is 6.07 Å². The van der Waals surface area contributed by atoms with Crippen LogP contribution in [-0.4, -0.2) is 9.97 Å². The van der Waals surface area contributed by atoms with Gasteiger partial charge in [0.2, 0.25) is 5.95 Å². The molecule has 1 heterocycles. The summed E-state index contributed by atoms with van der Waals surface area (Å²) in [5.74, 6) is -0.479. The summed E-state index contributed by atoms with van der Waals surface area (Å²) in [4.78, 5) is 6.40. The summed E-state index contributed by atoms with van der Waals surface area (Å²) in [6.45, 7) is 0. The van der Waals surface area contributed by atoms with Crippen LogP contribution in [0.1, 0.15) is 5.69 Å². The van der Waals surface area contributed by atoms with E-state index < -0.39 is 17.8 Å². The number of anilines is 1. The van der Waals surface area contributed by atoms with Crippen LogP contribution in [0.3, 0.4) is 0 Å². The molecule has 0 fully saturated rings. The lowest BCUT2D eigenvalue weighted by Crippen LogP contribution is -2.10. The van der Waals surface area contributed by atoms with Crippen molar-refractivity contribution >= 4 is 17.5 Å². The maximum atomic E-state index is 12.1. The topological polar surface area (TPSA) is 61.6 Å². The predicted octanol–water partition coefficient (Wildman–Crippen LogP) is 2.04. The van der Waals surface area contributed by atoms with Crippen LogP contribution in [0.5, 0.6) is 0 Å². The normalized spacial score (nSPS) is 10.8. The van der Waals surface area contributed by atoms with Crippen molar-refractivity contribution in [1.82, 2.24) is 9.97 Å². The molecule has 74 valence electrons. The zero-order chi connectivity index (χ0) is 10.8. The van der Waals surface area contributed by atoms with Gasteiger partial charge in [0.15, 0.2) is 11.9 Å². The van der Waals surface area contributed by atoms with E-state index in [1.54, 1.807) is 0 Å². The molecule has 0 aromatic carbocycles. The summed E-state index contributed by atoms with van der Waals surface area (Å²) in [6, 6.07) is 0.574. The molecular formula is C6H2ClF3N4. The molecule has 4 nitrogen and oxygen atoms in total. The van der Waals surface area contributed by atoms with Crippen molar-refractivity contribution in [3.05, 3.63) is 16.9 Å². The van der Waals surface area contributed by atoms with Crippen molar-refractivity contribution in [1.29, 1.82) is 5.26 Å². The summed E-state index contributed by atoms with van der Waals surface area (Å²) in [5, 5.41) is 9.61. The number of alkyl halides is 3. The molecule has 0 saturated heterocycles. The van der Waals surface area contributed by atoms with E-state index in [-0.39, 0.29) is 5.15 Å². The molecule has 0 spiro atoms. The molecule has 1 aromatic rings. The van der Waals surface area contributed by atoms with Crippen molar-refractivity contribution < 1.29 is 13.2 Å². The van der Waals surface area contributed by atoms with Crippen LogP contribution < -0.4 is 5.32 Å². The average Bonchev–Trinajstić information content (AvgIpc) is 2.02. The number of rotatable bonds is 1. The van der Waals surface area contributed by atoms with Gasteiger partial charge in [0, 0.05) is 6.07 Å². The van der Waals surface area contributed by atoms with Crippen LogP contribution in [0.2, 0.25) is 5.15 Å². The number of nitriles is 1. The van der Waals surface area contributed by atoms with Crippen LogP contribution in [0.25, 0.3) is 0 Å². The highest BCUT2D eigenvalue weighted by Crippen LogP contribution is 2.29. The lowest BCUT2D eigenvalue weighted by atomic mass is 10.4. The lowest BCUT2D eigenvalue weighted by Gasteiger charge is -2.06. The minimum atomic E-state index is -4.61. The summed E-state index contributed by atoms with van der Waals surface area (Å²) >= 11 is 5.29. The van der Waals surface area contributed by atoms with Gasteiger partial charge in [0.25, 0.3) is 0 Å². The molecule has 14 heavy (non-hydrogen) atoms. The fraction of sp³-hybridized carbons (Fsp3) is 0.167. The maximum Gasteiger partial charge on any atom is 0.433 e. The number of nitrogens with zero attached hydrogens (tertiary/aromatic N) is 3. The highest BCUT2D eigenvalue weighted by Gasteiger charge is 2.33. The van der Waals surface area contributed by atoms with E-state index in [4.69, 9.17) is 16.9 Å². The first-order chi connectivity index (χ1) is 6.43. The Balaban J connectivity index is 3.15. The van der Waals surface area contributed by atoms with Gasteiger partial charge in [-0.2, -0.15) is 18.4 Å². The second-order valence-electron chi connectivity index (χ2n) is 2.13. The van der Waals surface area contributed by atoms with Crippen LogP contribution in [0, 0.1) is 11.5 Å². The SMILES string of the molecule is N#CNc1nc(Cl)cc(C(F)(F)F)n1. The second kappa shape index (κ2) is 3.67. The van der Waals surface area contributed by atoms with Gasteiger partial charge in [-0.3, -0.25) is 5.32 Å². The van der Waals surface area contributed by atoms with Crippen LogP contribution >= 0.6 is 11.6 Å². The van der Waals surface area contributed by atoms with E-state index >= 15 is 0 Å². The molecule has 0 bridgehead atoms. The van der Waals surface area contributed by atoms with Crippen LogP contribution in [0.4, 0.5) is 19.1 Å². The number of halogens is 4. The fourth-order valence-electron chi connectivity index (χ4n) is 0.669. The van der Waals surface area contributed by atoms with Crippen molar-refractivity contribution in [2.75, 3.05) is 5.32 Å². The number of nitrogens with one attached hydrogen (secondary N) is 1. The third-order valence-electron chi connectivity index (χ3n) is 1.15. The summed E-state index contributed by atoms with van der Waals surface area (Å²) in [6.07, 6.45) is -3.22. The van der Waals surface area contributed by atoms with Gasteiger partial charge in [-0.05, 0) is 0 Å². The molecule has 0 amide bonds. The zero-order valence-corrected chi connectivity index (χ0v) is 7.19. The largest absolute Gasteiger partial charge is 0.433 e. The Kier molecular flexibility index (Phi) is 2.76. The molecule has 1 N–H and O–H groups in total. The van der Waals surface area contributed by atoms with Crippen molar-refractivity contribution in [2.45, 2.75) is 6.18 Å². The quantitative estimate of drug-likeness (QED) is 0.449. The smallest absolute Gasteiger partial charge is 0.261 e. The standard InChI is InChI=1S/C6H2ClF3N4/c7-4-1-3(6(8,9)10)13-5(14-4)12-2-11/h1H,(H,12,13,14). The van der Waals surface area contributed by atoms with E-state index in [0.717, 1.165) is 0 Å². The summed E-state index contributed by atoms with van der Waals surface area (Å²) in [7, 11) is 0. The van der Waals surface area contributed by atoms with Crippen molar-refractivity contribution in [3.63, 3.8) is 0 Å². The van der Waals surface area contributed by atoms with Gasteiger partial charge >= 0.3 is 6.18 Å². The minimum absolute atomic E-state index is 0.384. The molecule has 1 aromatic heterocycles. The monoisotopic (exact) mass is 222 g/mol. The van der Waals surface area contributed by atoms with Gasteiger partial charge in [-0.15, -0.1) is 0 Å². The Hall–Kier alpha value is -1.55. The van der Waals surface area contributed by atoms with Gasteiger partial charge in [-0.1, -0.05) is 11.6 Å². The van der Waals surface area contributed by atoms with E-state index in [2.05, 4.69) is 9.97 Å². The molecular weight excluding hydrogens is 221 g/mol. The number of hydrogen-bond donors (Lipinski definition) is 1. The van der Waals surface area contributed by atoms with Gasteiger partial charge in [0.1, 0.15) is 5.15 Å². The molecule has 8 heteroatoms. The third kappa shape index (κ3) is 2.47. The van der Waals surface area contributed by atoms with E-state index in [1.807, 2.05) is 5.32 Å². The Bertz CT molecular complexity index is 384. The Morgan fingerprint density at radius 3 is 2.57 bits per heavy atom. The van der Waals surface area contributed by atoms with Crippen molar-refractivity contribution in [3.8, 4) is 6.19 Å². The number of hydrogen-bond acceptors (Lipinski definition) is 4. The average molecular weight is 223 g/mol. The first-order valence-electron chi connectivity index (χ1n) is 3.20. The molecule has 0 atom stereocenters. The van der Waals surface area contributed by atoms with E-state index in [0.29, 0.717) is 6.07 Å². The first-order valence-corrected chi connectivity index (χ1v) is 3.58. The molecule has 0 radical (unpaired) electrons. The number of aromatic nitrogens is 2. The van der Waals surface area contributed by atoms with Gasteiger partial charge in [0.05, 0.1) is 0 Å². The predicted molar refractivity (Wildman–Crippen MR) is 41.3 cm³/mol. The second-order valence-corrected chi connectivity index (χ2v) is 2.52. The summed E-state index contributed by atoms with van der Waals surface area (Å²) < 4.78 is 36.4. The molecule has 0 aliphatic rings. The minimum Gasteiger partial charge on any atom is -0.261 e. The zero-order valence-electron chi connectivity index (χ0n) is 6.43. The fourth-order valence-corrected chi connectivity index (χ4v) is 0.852. The highest BCUT2D eigenvalue weighted by molar-refractivity contribution is 6.29. The Labute approximate surface area is 81.3 Å². The first kappa shape index (κ1) is 10.5. The molecule has 0 saturated carbocycles. The maximum absolute atomic E-state index is 12.1. The van der Waals surface area contributed by atoms with Gasteiger partial charge in [-0.25, -0.2) is 9.97 Å². The molecule has 1 rings (SSSR count). The van der Waals surface area contributed by atoms with E-state index in [1.165, 1.54) is 6.19 Å². The van der Waals surface area contributed by atoms with Crippen LogP contribution in [-0.2, 0) is 6.18 Å². The van der Waals surface area contributed by atoms with Gasteiger partial charge < -0.3 is 0 Å². The molecule has 0 aliphatic carbocycles. The molecule has 0 unspecified atom stereocenters. The van der Waals surface area contributed by atoms with E-state index in [9.17, 15) is 13.2 Å². The highest BCUT2D eigenvalue weighted by atomic mass is 35.5. The Morgan fingerprint density at radius 1 is 1.43 bits per heavy atom. The Morgan fingerprint density at radius 2 is 2.07 bits per heavy atom. The van der Waals surface area contributed by atoms with Crippen molar-refractivity contribution in [2.24, 2.45) is 0 Å². The summed E-state index contributed by atoms with van der Waals surface area (Å²) in [5.41, 5.74) is -1.20.